The molecule has 0 unspecified atom stereocenters. The normalized spacial score (nSPS) is 10.5. The average molecular weight is 408 g/mol. The van der Waals surface area contributed by atoms with E-state index in [2.05, 4.69) is 25.9 Å². The Balaban J connectivity index is 1.36. The van der Waals surface area contributed by atoms with Crippen LogP contribution in [-0.2, 0) is 0 Å². The SMILES string of the molecule is O=C(Nc1ccc(Oc2ccc(-n3cccn3)nn2)cc1)Nc1c(F)cccc1F. The number of amides is 2. The number of nitrogens with one attached hydrogen (secondary N) is 2. The third-order valence-corrected chi connectivity index (χ3v) is 3.90. The molecule has 2 heterocycles. The Hall–Kier alpha value is -4.34. The molecule has 30 heavy (non-hydrogen) atoms. The standard InChI is InChI=1S/C20H14F2N6O2/c21-15-3-1-4-16(22)19(15)25-20(29)24-13-5-7-14(8-6-13)30-18-10-9-17(26-27-18)28-12-2-11-23-28/h1-12H,(H2,24,25,29). The van der Waals surface area contributed by atoms with E-state index >= 15 is 0 Å². The van der Waals surface area contributed by atoms with Gasteiger partial charge in [-0.25, -0.2) is 18.3 Å². The van der Waals surface area contributed by atoms with E-state index < -0.39 is 23.4 Å². The Bertz CT molecular complexity index is 1130. The molecule has 0 aliphatic heterocycles. The first-order valence-electron chi connectivity index (χ1n) is 8.72. The molecular weight excluding hydrogens is 394 g/mol. The van der Waals surface area contributed by atoms with Crippen molar-refractivity contribution in [3.8, 4) is 17.4 Å². The zero-order valence-corrected chi connectivity index (χ0v) is 15.3. The second-order valence-corrected chi connectivity index (χ2v) is 5.98. The maximum Gasteiger partial charge on any atom is 0.323 e. The molecule has 0 fully saturated rings. The van der Waals surface area contributed by atoms with Gasteiger partial charge < -0.3 is 15.4 Å². The number of benzene rings is 2. The van der Waals surface area contributed by atoms with E-state index in [1.54, 1.807) is 59.5 Å². The molecule has 4 rings (SSSR count). The quantitative estimate of drug-likeness (QED) is 0.511. The highest BCUT2D eigenvalue weighted by molar-refractivity contribution is 5.99. The van der Waals surface area contributed by atoms with Gasteiger partial charge in [-0.3, -0.25) is 0 Å². The Kier molecular flexibility index (Phi) is 5.29. The van der Waals surface area contributed by atoms with Crippen molar-refractivity contribution in [1.29, 1.82) is 0 Å². The van der Waals surface area contributed by atoms with Crippen LogP contribution in [0.5, 0.6) is 11.6 Å². The number of hydrogen-bond acceptors (Lipinski definition) is 5. The summed E-state index contributed by atoms with van der Waals surface area (Å²) < 4.78 is 34.4. The molecule has 0 bridgehead atoms. The third kappa shape index (κ3) is 4.38. The molecular formula is C20H14F2N6O2. The van der Waals surface area contributed by atoms with Crippen molar-refractivity contribution in [3.63, 3.8) is 0 Å². The van der Waals surface area contributed by atoms with Gasteiger partial charge in [0, 0.05) is 24.1 Å². The van der Waals surface area contributed by atoms with Gasteiger partial charge in [0.2, 0.25) is 5.88 Å². The van der Waals surface area contributed by atoms with Crippen LogP contribution in [0.25, 0.3) is 5.82 Å². The second kappa shape index (κ2) is 8.35. The molecule has 0 radical (unpaired) electrons. The highest BCUT2D eigenvalue weighted by atomic mass is 19.1. The highest BCUT2D eigenvalue weighted by Crippen LogP contribution is 2.22. The Morgan fingerprint density at radius 1 is 0.900 bits per heavy atom. The lowest BCUT2D eigenvalue weighted by Crippen LogP contribution is -2.20. The molecule has 0 spiro atoms. The molecule has 0 atom stereocenters. The monoisotopic (exact) mass is 408 g/mol. The van der Waals surface area contributed by atoms with E-state index in [9.17, 15) is 13.6 Å². The Morgan fingerprint density at radius 2 is 1.67 bits per heavy atom. The maximum atomic E-state index is 13.6. The predicted molar refractivity (Wildman–Crippen MR) is 105 cm³/mol. The summed E-state index contributed by atoms with van der Waals surface area (Å²) in [6.07, 6.45) is 3.38. The van der Waals surface area contributed by atoms with Gasteiger partial charge in [-0.1, -0.05) is 6.07 Å². The second-order valence-electron chi connectivity index (χ2n) is 5.98. The van der Waals surface area contributed by atoms with E-state index in [1.807, 2.05) is 0 Å². The van der Waals surface area contributed by atoms with Gasteiger partial charge in [-0.05, 0) is 48.5 Å². The van der Waals surface area contributed by atoms with E-state index in [0.717, 1.165) is 12.1 Å². The molecule has 0 aliphatic rings. The number of urea groups is 1. The molecule has 150 valence electrons. The van der Waals surface area contributed by atoms with Crippen LogP contribution in [-0.4, -0.2) is 26.0 Å². The summed E-state index contributed by atoms with van der Waals surface area (Å²) in [7, 11) is 0. The van der Waals surface area contributed by atoms with Crippen molar-refractivity contribution in [2.45, 2.75) is 0 Å². The van der Waals surface area contributed by atoms with Crippen LogP contribution in [0, 0.1) is 11.6 Å². The summed E-state index contributed by atoms with van der Waals surface area (Å²) >= 11 is 0. The molecule has 2 aromatic heterocycles. The van der Waals surface area contributed by atoms with Crippen LogP contribution in [0.2, 0.25) is 0 Å². The molecule has 0 saturated carbocycles. The van der Waals surface area contributed by atoms with Crippen LogP contribution in [0.3, 0.4) is 0 Å². The molecule has 8 nitrogen and oxygen atoms in total. The van der Waals surface area contributed by atoms with Gasteiger partial charge in [-0.2, -0.15) is 5.10 Å². The lowest BCUT2D eigenvalue weighted by molar-refractivity contribution is 0.262. The first-order chi connectivity index (χ1) is 14.6. The van der Waals surface area contributed by atoms with Crippen LogP contribution in [0.15, 0.2) is 73.1 Å². The van der Waals surface area contributed by atoms with E-state index in [1.165, 1.54) is 6.07 Å². The molecule has 0 saturated heterocycles. The number of halogens is 2. The van der Waals surface area contributed by atoms with Crippen molar-refractivity contribution in [1.82, 2.24) is 20.0 Å². The number of para-hydroxylation sites is 1. The van der Waals surface area contributed by atoms with Gasteiger partial charge in [0.1, 0.15) is 23.1 Å². The van der Waals surface area contributed by atoms with Gasteiger partial charge in [0.25, 0.3) is 0 Å². The fraction of sp³-hybridized carbons (Fsp3) is 0. The highest BCUT2D eigenvalue weighted by Gasteiger charge is 2.12. The predicted octanol–water partition coefficient (Wildman–Crippen LogP) is 4.38. The van der Waals surface area contributed by atoms with Gasteiger partial charge in [-0.15, -0.1) is 10.2 Å². The molecule has 4 aromatic rings. The van der Waals surface area contributed by atoms with Crippen LogP contribution < -0.4 is 15.4 Å². The molecule has 10 heteroatoms. The number of anilines is 2. The third-order valence-electron chi connectivity index (χ3n) is 3.90. The average Bonchev–Trinajstić information content (AvgIpc) is 3.28. The van der Waals surface area contributed by atoms with E-state index in [0.29, 0.717) is 17.3 Å². The number of nitrogens with zero attached hydrogens (tertiary/aromatic N) is 4. The molecule has 2 amide bonds. The minimum atomic E-state index is -0.867. The first-order valence-corrected chi connectivity index (χ1v) is 8.72. The summed E-state index contributed by atoms with van der Waals surface area (Å²) in [6, 6.07) is 14.0. The summed E-state index contributed by atoms with van der Waals surface area (Å²) in [4.78, 5) is 12.0. The molecule has 0 aliphatic carbocycles. The molecule has 2 N–H and O–H groups in total. The van der Waals surface area contributed by atoms with Gasteiger partial charge in [0.15, 0.2) is 5.82 Å². The first kappa shape index (κ1) is 19.0. The summed E-state index contributed by atoms with van der Waals surface area (Å²) in [5.41, 5.74) is -0.121. The Labute approximate surface area is 169 Å². The number of ether oxygens (including phenoxy) is 1. The van der Waals surface area contributed by atoms with Crippen molar-refractivity contribution < 1.29 is 18.3 Å². The zero-order chi connectivity index (χ0) is 20.9. The minimum absolute atomic E-state index is 0.277. The number of carbonyl (C=O) groups is 1. The summed E-state index contributed by atoms with van der Waals surface area (Å²) in [5.74, 6) is -0.451. The number of hydrogen-bond donors (Lipinski definition) is 2. The van der Waals surface area contributed by atoms with Gasteiger partial charge >= 0.3 is 6.03 Å². The molecule has 2 aromatic carbocycles. The number of rotatable bonds is 5. The van der Waals surface area contributed by atoms with Crippen molar-refractivity contribution in [2.24, 2.45) is 0 Å². The summed E-state index contributed by atoms with van der Waals surface area (Å²) in [5, 5.41) is 16.7. The lowest BCUT2D eigenvalue weighted by atomic mass is 10.3. The van der Waals surface area contributed by atoms with Crippen LogP contribution in [0.4, 0.5) is 25.0 Å². The summed E-state index contributed by atoms with van der Waals surface area (Å²) in [6.45, 7) is 0. The zero-order valence-electron chi connectivity index (χ0n) is 15.3. The maximum absolute atomic E-state index is 13.6. The van der Waals surface area contributed by atoms with Crippen molar-refractivity contribution in [3.05, 3.63) is 84.7 Å². The fourth-order valence-corrected chi connectivity index (χ4v) is 2.51. The van der Waals surface area contributed by atoms with Crippen molar-refractivity contribution in [2.75, 3.05) is 10.6 Å². The minimum Gasteiger partial charge on any atom is -0.438 e. The van der Waals surface area contributed by atoms with E-state index in [4.69, 9.17) is 4.74 Å². The van der Waals surface area contributed by atoms with Gasteiger partial charge in [0.05, 0.1) is 0 Å². The number of carbonyl (C=O) groups excluding carboxylic acids is 1. The van der Waals surface area contributed by atoms with Crippen molar-refractivity contribution >= 4 is 17.4 Å². The largest absolute Gasteiger partial charge is 0.438 e. The fourth-order valence-electron chi connectivity index (χ4n) is 2.51. The lowest BCUT2D eigenvalue weighted by Gasteiger charge is -2.10. The topological polar surface area (TPSA) is 94.0 Å². The smallest absolute Gasteiger partial charge is 0.323 e. The van der Waals surface area contributed by atoms with Crippen LogP contribution >= 0.6 is 0 Å². The Morgan fingerprint density at radius 3 is 2.30 bits per heavy atom. The number of aromatic nitrogens is 4. The van der Waals surface area contributed by atoms with E-state index in [-0.39, 0.29) is 5.88 Å². The van der Waals surface area contributed by atoms with Crippen LogP contribution in [0.1, 0.15) is 0 Å².